The maximum atomic E-state index is 9.67. The van der Waals surface area contributed by atoms with Crippen molar-refractivity contribution in [2.45, 2.75) is 20.0 Å². The lowest BCUT2D eigenvalue weighted by Crippen LogP contribution is -2.25. The predicted octanol–water partition coefficient (Wildman–Crippen LogP) is 2.09. The number of anilines is 1. The Bertz CT molecular complexity index is 370. The second kappa shape index (κ2) is 3.95. The summed E-state index contributed by atoms with van der Waals surface area (Å²) in [5.74, 6) is 0.800. The molecule has 1 aromatic rings. The van der Waals surface area contributed by atoms with Crippen LogP contribution in [0.4, 0.5) is 5.69 Å². The normalized spacial score (nSPS) is 17.9. The van der Waals surface area contributed by atoms with Crippen LogP contribution in [0.1, 0.15) is 13.8 Å². The van der Waals surface area contributed by atoms with Crippen LogP contribution in [0.2, 0.25) is 0 Å². The Balaban J connectivity index is 2.33. The zero-order valence-corrected chi connectivity index (χ0v) is 8.97. The fourth-order valence-electron chi connectivity index (χ4n) is 1.84. The minimum atomic E-state index is -0.507. The van der Waals surface area contributed by atoms with E-state index in [1.807, 2.05) is 42.2 Å². The molecule has 0 aromatic heterocycles. The largest absolute Gasteiger partial charge is 0.475 e. The molecule has 1 unspecified atom stereocenters. The van der Waals surface area contributed by atoms with E-state index >= 15 is 0 Å². The van der Waals surface area contributed by atoms with Crippen LogP contribution in [-0.2, 0) is 4.74 Å². The standard InChI is InChI=1S/C12H15NO2/c1-9(14)12-10(2)15-8-13(12)11-6-4-3-5-7-11/h3-7,9,14H,8H2,1-2H3. The summed E-state index contributed by atoms with van der Waals surface area (Å²) in [6, 6.07) is 9.93. The molecule has 0 saturated heterocycles. The number of para-hydroxylation sites is 1. The van der Waals surface area contributed by atoms with Crippen molar-refractivity contribution in [3.63, 3.8) is 0 Å². The summed E-state index contributed by atoms with van der Waals surface area (Å²) >= 11 is 0. The summed E-state index contributed by atoms with van der Waals surface area (Å²) < 4.78 is 5.44. The van der Waals surface area contributed by atoms with E-state index in [0.29, 0.717) is 6.73 Å². The molecular weight excluding hydrogens is 190 g/mol. The molecule has 0 radical (unpaired) electrons. The molecule has 3 nitrogen and oxygen atoms in total. The average Bonchev–Trinajstić information content (AvgIpc) is 2.61. The minimum absolute atomic E-state index is 0.482. The topological polar surface area (TPSA) is 32.7 Å². The number of hydrogen-bond donors (Lipinski definition) is 1. The molecule has 0 aliphatic carbocycles. The van der Waals surface area contributed by atoms with Gasteiger partial charge in [0.15, 0.2) is 6.73 Å². The van der Waals surface area contributed by atoms with Crippen LogP contribution in [0.3, 0.4) is 0 Å². The lowest BCUT2D eigenvalue weighted by Gasteiger charge is -2.21. The van der Waals surface area contributed by atoms with E-state index < -0.39 is 6.10 Å². The zero-order valence-electron chi connectivity index (χ0n) is 8.97. The molecule has 1 N–H and O–H groups in total. The third-order valence-corrected chi connectivity index (χ3v) is 2.53. The van der Waals surface area contributed by atoms with Crippen molar-refractivity contribution in [2.24, 2.45) is 0 Å². The van der Waals surface area contributed by atoms with Crippen LogP contribution in [0.25, 0.3) is 0 Å². The SMILES string of the molecule is CC1=C(C(C)O)N(c2ccccc2)CO1. The van der Waals surface area contributed by atoms with Crippen LogP contribution in [0.5, 0.6) is 0 Å². The highest BCUT2D eigenvalue weighted by atomic mass is 16.5. The van der Waals surface area contributed by atoms with Gasteiger partial charge in [-0.2, -0.15) is 0 Å². The highest BCUT2D eigenvalue weighted by molar-refractivity contribution is 5.54. The lowest BCUT2D eigenvalue weighted by atomic mass is 10.2. The Kier molecular flexibility index (Phi) is 2.64. The molecule has 0 saturated carbocycles. The van der Waals surface area contributed by atoms with Crippen molar-refractivity contribution in [3.05, 3.63) is 41.8 Å². The van der Waals surface area contributed by atoms with E-state index in [2.05, 4.69) is 0 Å². The summed E-state index contributed by atoms with van der Waals surface area (Å²) in [5, 5.41) is 9.67. The first-order valence-corrected chi connectivity index (χ1v) is 5.04. The van der Waals surface area contributed by atoms with Gasteiger partial charge in [-0.25, -0.2) is 0 Å². The van der Waals surface area contributed by atoms with E-state index in [1.165, 1.54) is 0 Å². The van der Waals surface area contributed by atoms with Gasteiger partial charge in [0.05, 0.1) is 11.8 Å². The van der Waals surface area contributed by atoms with E-state index in [1.54, 1.807) is 6.92 Å². The van der Waals surface area contributed by atoms with Gasteiger partial charge >= 0.3 is 0 Å². The lowest BCUT2D eigenvalue weighted by molar-refractivity contribution is 0.226. The van der Waals surface area contributed by atoms with Crippen molar-refractivity contribution in [2.75, 3.05) is 11.6 Å². The highest BCUT2D eigenvalue weighted by Crippen LogP contribution is 2.28. The fourth-order valence-corrected chi connectivity index (χ4v) is 1.84. The first kappa shape index (κ1) is 10.1. The van der Waals surface area contributed by atoms with Gasteiger partial charge in [-0.15, -0.1) is 0 Å². The number of nitrogens with zero attached hydrogens (tertiary/aromatic N) is 1. The van der Waals surface area contributed by atoms with Gasteiger partial charge in [-0.05, 0) is 26.0 Å². The summed E-state index contributed by atoms with van der Waals surface area (Å²) in [4.78, 5) is 1.99. The quantitative estimate of drug-likeness (QED) is 0.802. The molecule has 1 heterocycles. The monoisotopic (exact) mass is 205 g/mol. The zero-order chi connectivity index (χ0) is 10.8. The maximum absolute atomic E-state index is 9.67. The number of rotatable bonds is 2. The van der Waals surface area contributed by atoms with E-state index in [-0.39, 0.29) is 0 Å². The Labute approximate surface area is 89.6 Å². The van der Waals surface area contributed by atoms with E-state index in [4.69, 9.17) is 4.74 Å². The van der Waals surface area contributed by atoms with Gasteiger partial charge in [0, 0.05) is 5.69 Å². The van der Waals surface area contributed by atoms with E-state index in [9.17, 15) is 5.11 Å². The van der Waals surface area contributed by atoms with Crippen LogP contribution in [0, 0.1) is 0 Å². The number of aliphatic hydroxyl groups is 1. The van der Waals surface area contributed by atoms with Crippen molar-refractivity contribution < 1.29 is 9.84 Å². The number of hydrogen-bond acceptors (Lipinski definition) is 3. The smallest absolute Gasteiger partial charge is 0.165 e. The Morgan fingerprint density at radius 3 is 2.60 bits per heavy atom. The van der Waals surface area contributed by atoms with Crippen molar-refractivity contribution >= 4 is 5.69 Å². The molecular formula is C12H15NO2. The average molecular weight is 205 g/mol. The third-order valence-electron chi connectivity index (χ3n) is 2.53. The minimum Gasteiger partial charge on any atom is -0.475 e. The molecule has 3 heteroatoms. The summed E-state index contributed by atoms with van der Waals surface area (Å²) in [6.07, 6.45) is -0.507. The Morgan fingerprint density at radius 1 is 1.33 bits per heavy atom. The number of allylic oxidation sites excluding steroid dienone is 1. The van der Waals surface area contributed by atoms with Gasteiger partial charge in [-0.3, -0.25) is 0 Å². The third kappa shape index (κ3) is 1.83. The van der Waals surface area contributed by atoms with Gasteiger partial charge < -0.3 is 14.7 Å². The predicted molar refractivity (Wildman–Crippen MR) is 59.3 cm³/mol. The molecule has 0 bridgehead atoms. The van der Waals surface area contributed by atoms with Crippen LogP contribution < -0.4 is 4.90 Å². The van der Waals surface area contributed by atoms with Gasteiger partial charge in [0.2, 0.25) is 0 Å². The molecule has 15 heavy (non-hydrogen) atoms. The number of ether oxygens (including phenoxy) is 1. The molecule has 80 valence electrons. The Morgan fingerprint density at radius 2 is 2.00 bits per heavy atom. The van der Waals surface area contributed by atoms with Gasteiger partial charge in [-0.1, -0.05) is 18.2 Å². The molecule has 1 aromatic carbocycles. The van der Waals surface area contributed by atoms with Crippen molar-refractivity contribution in [3.8, 4) is 0 Å². The fraction of sp³-hybridized carbons (Fsp3) is 0.333. The van der Waals surface area contributed by atoms with Crippen LogP contribution in [-0.4, -0.2) is 17.9 Å². The first-order valence-electron chi connectivity index (χ1n) is 5.04. The number of aliphatic hydroxyl groups excluding tert-OH is 1. The summed E-state index contributed by atoms with van der Waals surface area (Å²) in [5.41, 5.74) is 1.89. The molecule has 1 atom stereocenters. The van der Waals surface area contributed by atoms with Crippen molar-refractivity contribution in [1.29, 1.82) is 0 Å². The molecule has 0 fully saturated rings. The molecule has 1 aliphatic heterocycles. The second-order valence-electron chi connectivity index (χ2n) is 3.65. The highest BCUT2D eigenvalue weighted by Gasteiger charge is 2.25. The molecule has 0 spiro atoms. The second-order valence-corrected chi connectivity index (χ2v) is 3.65. The van der Waals surface area contributed by atoms with Gasteiger partial charge in [0.1, 0.15) is 5.76 Å². The van der Waals surface area contributed by atoms with Crippen LogP contribution >= 0.6 is 0 Å². The van der Waals surface area contributed by atoms with E-state index in [0.717, 1.165) is 17.1 Å². The Hall–Kier alpha value is -1.48. The maximum Gasteiger partial charge on any atom is 0.165 e. The molecule has 2 rings (SSSR count). The number of benzene rings is 1. The van der Waals surface area contributed by atoms with Crippen LogP contribution in [0.15, 0.2) is 41.8 Å². The van der Waals surface area contributed by atoms with Gasteiger partial charge in [0.25, 0.3) is 0 Å². The summed E-state index contributed by atoms with van der Waals surface area (Å²) in [6.45, 7) is 4.12. The first-order chi connectivity index (χ1) is 7.20. The molecule has 1 aliphatic rings. The van der Waals surface area contributed by atoms with Crippen molar-refractivity contribution in [1.82, 2.24) is 0 Å². The molecule has 0 amide bonds. The summed E-state index contributed by atoms with van der Waals surface area (Å²) in [7, 11) is 0.